The molecule has 3 heteroatoms. The zero-order valence-corrected chi connectivity index (χ0v) is 11.0. The molecule has 0 aromatic carbocycles. The van der Waals surface area contributed by atoms with Crippen molar-refractivity contribution in [1.82, 2.24) is 4.90 Å². The van der Waals surface area contributed by atoms with Gasteiger partial charge in [-0.2, -0.15) is 0 Å². The highest BCUT2D eigenvalue weighted by atomic mass is 16.2. The number of hydrogen-bond acceptors (Lipinski definition) is 2. The Hall–Kier alpha value is -0.570. The molecule has 0 aromatic rings. The molecule has 0 aromatic heterocycles. The van der Waals surface area contributed by atoms with Crippen LogP contribution in [-0.4, -0.2) is 30.9 Å². The molecule has 3 nitrogen and oxygen atoms in total. The Kier molecular flexibility index (Phi) is 4.43. The van der Waals surface area contributed by atoms with Gasteiger partial charge in [-0.25, -0.2) is 0 Å². The van der Waals surface area contributed by atoms with Gasteiger partial charge in [0.05, 0.1) is 0 Å². The van der Waals surface area contributed by atoms with Gasteiger partial charge < -0.3 is 10.6 Å². The van der Waals surface area contributed by atoms with E-state index in [1.54, 1.807) is 0 Å². The second kappa shape index (κ2) is 5.85. The Morgan fingerprint density at radius 3 is 2.53 bits per heavy atom. The van der Waals surface area contributed by atoms with Crippen molar-refractivity contribution >= 4 is 5.91 Å². The molecule has 0 radical (unpaired) electrons. The van der Waals surface area contributed by atoms with Crippen LogP contribution in [0.4, 0.5) is 0 Å². The first kappa shape index (κ1) is 12.9. The monoisotopic (exact) mass is 238 g/mol. The Morgan fingerprint density at radius 2 is 1.88 bits per heavy atom. The maximum absolute atomic E-state index is 12.4. The largest absolute Gasteiger partial charge is 0.345 e. The van der Waals surface area contributed by atoms with Crippen LogP contribution in [0.5, 0.6) is 0 Å². The maximum Gasteiger partial charge on any atom is 0.225 e. The van der Waals surface area contributed by atoms with Crippen LogP contribution in [0.25, 0.3) is 0 Å². The number of carbonyl (C=O) groups excluding carboxylic acids is 1. The van der Waals surface area contributed by atoms with Crippen molar-refractivity contribution in [2.24, 2.45) is 23.5 Å². The predicted octanol–water partition coefficient (Wildman–Crippen LogP) is 2.01. The number of rotatable bonds is 4. The lowest BCUT2D eigenvalue weighted by atomic mass is 9.94. The second-order valence-corrected chi connectivity index (χ2v) is 5.90. The fourth-order valence-electron chi connectivity index (χ4n) is 3.60. The van der Waals surface area contributed by atoms with E-state index < -0.39 is 0 Å². The first-order valence-electron chi connectivity index (χ1n) is 7.17. The lowest BCUT2D eigenvalue weighted by molar-refractivity contribution is -0.135. The van der Waals surface area contributed by atoms with E-state index in [0.29, 0.717) is 18.4 Å². The molecule has 2 rings (SSSR count). The summed E-state index contributed by atoms with van der Waals surface area (Å²) in [5, 5.41) is 0. The van der Waals surface area contributed by atoms with Gasteiger partial charge in [0, 0.05) is 19.5 Å². The normalized spacial score (nSPS) is 29.8. The predicted molar refractivity (Wildman–Crippen MR) is 69.5 cm³/mol. The van der Waals surface area contributed by atoms with Crippen LogP contribution >= 0.6 is 0 Å². The highest BCUT2D eigenvalue weighted by molar-refractivity contribution is 5.79. The molecule has 2 aliphatic rings. The Morgan fingerprint density at radius 1 is 1.18 bits per heavy atom. The van der Waals surface area contributed by atoms with E-state index in [1.807, 2.05) is 11.9 Å². The third-order valence-corrected chi connectivity index (χ3v) is 4.66. The SMILES string of the molecule is CN(CC1CCCC1)C(=O)C1CCCC1CN. The molecule has 2 aliphatic carbocycles. The van der Waals surface area contributed by atoms with Gasteiger partial charge in [0.15, 0.2) is 0 Å². The van der Waals surface area contributed by atoms with E-state index in [-0.39, 0.29) is 5.92 Å². The third kappa shape index (κ3) is 3.01. The quantitative estimate of drug-likeness (QED) is 0.814. The smallest absolute Gasteiger partial charge is 0.225 e. The van der Waals surface area contributed by atoms with Gasteiger partial charge in [-0.05, 0) is 44.1 Å². The lowest BCUT2D eigenvalue weighted by Gasteiger charge is -2.26. The molecule has 2 saturated carbocycles. The van der Waals surface area contributed by atoms with Crippen molar-refractivity contribution in [1.29, 1.82) is 0 Å². The summed E-state index contributed by atoms with van der Waals surface area (Å²) in [6.07, 6.45) is 8.68. The van der Waals surface area contributed by atoms with Crippen LogP contribution in [0.15, 0.2) is 0 Å². The van der Waals surface area contributed by atoms with Gasteiger partial charge in [-0.3, -0.25) is 4.79 Å². The van der Waals surface area contributed by atoms with Gasteiger partial charge in [0.2, 0.25) is 5.91 Å². The van der Waals surface area contributed by atoms with E-state index >= 15 is 0 Å². The van der Waals surface area contributed by atoms with Crippen molar-refractivity contribution in [3.8, 4) is 0 Å². The van der Waals surface area contributed by atoms with Crippen molar-refractivity contribution in [3.05, 3.63) is 0 Å². The van der Waals surface area contributed by atoms with Gasteiger partial charge in [0.25, 0.3) is 0 Å². The Labute approximate surface area is 105 Å². The van der Waals surface area contributed by atoms with Crippen LogP contribution in [0.2, 0.25) is 0 Å². The van der Waals surface area contributed by atoms with E-state index in [2.05, 4.69) is 0 Å². The van der Waals surface area contributed by atoms with Crippen molar-refractivity contribution in [2.75, 3.05) is 20.1 Å². The summed E-state index contributed by atoms with van der Waals surface area (Å²) in [4.78, 5) is 14.4. The second-order valence-electron chi connectivity index (χ2n) is 5.90. The average Bonchev–Trinajstić information content (AvgIpc) is 2.97. The van der Waals surface area contributed by atoms with E-state index in [1.165, 1.54) is 32.1 Å². The van der Waals surface area contributed by atoms with Gasteiger partial charge in [-0.15, -0.1) is 0 Å². The molecule has 0 spiro atoms. The van der Waals surface area contributed by atoms with Crippen LogP contribution in [0, 0.1) is 17.8 Å². The zero-order valence-electron chi connectivity index (χ0n) is 11.0. The molecular weight excluding hydrogens is 212 g/mol. The highest BCUT2D eigenvalue weighted by Gasteiger charge is 2.34. The molecule has 17 heavy (non-hydrogen) atoms. The molecule has 0 saturated heterocycles. The van der Waals surface area contributed by atoms with Crippen molar-refractivity contribution in [3.63, 3.8) is 0 Å². The molecule has 1 amide bonds. The Balaban J connectivity index is 1.85. The van der Waals surface area contributed by atoms with Crippen molar-refractivity contribution < 1.29 is 4.79 Å². The minimum atomic E-state index is 0.214. The summed E-state index contributed by atoms with van der Waals surface area (Å²) in [5.41, 5.74) is 5.76. The van der Waals surface area contributed by atoms with Crippen LogP contribution in [0.3, 0.4) is 0 Å². The number of amides is 1. The minimum Gasteiger partial charge on any atom is -0.345 e. The van der Waals surface area contributed by atoms with E-state index in [0.717, 1.165) is 25.3 Å². The van der Waals surface area contributed by atoms with Gasteiger partial charge in [-0.1, -0.05) is 19.3 Å². The van der Waals surface area contributed by atoms with Crippen molar-refractivity contribution in [2.45, 2.75) is 44.9 Å². The highest BCUT2D eigenvalue weighted by Crippen LogP contribution is 2.33. The number of nitrogens with zero attached hydrogens (tertiary/aromatic N) is 1. The third-order valence-electron chi connectivity index (χ3n) is 4.66. The molecule has 0 bridgehead atoms. The molecule has 0 aliphatic heterocycles. The van der Waals surface area contributed by atoms with Gasteiger partial charge >= 0.3 is 0 Å². The fourth-order valence-corrected chi connectivity index (χ4v) is 3.60. The standard InChI is InChI=1S/C14H26N2O/c1-16(10-11-5-2-3-6-11)14(17)13-8-4-7-12(13)9-15/h11-13H,2-10,15H2,1H3. The lowest BCUT2D eigenvalue weighted by Crippen LogP contribution is -2.38. The average molecular weight is 238 g/mol. The van der Waals surface area contributed by atoms with E-state index in [4.69, 9.17) is 5.73 Å². The molecule has 2 atom stereocenters. The number of carbonyl (C=O) groups is 1. The summed E-state index contributed by atoms with van der Waals surface area (Å²) in [6, 6.07) is 0. The first-order chi connectivity index (χ1) is 8.22. The molecule has 98 valence electrons. The van der Waals surface area contributed by atoms with Crippen LogP contribution < -0.4 is 5.73 Å². The van der Waals surface area contributed by atoms with E-state index in [9.17, 15) is 4.79 Å². The molecule has 0 heterocycles. The van der Waals surface area contributed by atoms with Crippen LogP contribution in [0.1, 0.15) is 44.9 Å². The number of nitrogens with two attached hydrogens (primary N) is 1. The molecule has 2 N–H and O–H groups in total. The van der Waals surface area contributed by atoms with Crippen LogP contribution in [-0.2, 0) is 4.79 Å². The number of hydrogen-bond donors (Lipinski definition) is 1. The summed E-state index contributed by atoms with van der Waals surface area (Å²) in [6.45, 7) is 1.64. The topological polar surface area (TPSA) is 46.3 Å². The first-order valence-corrected chi connectivity index (χ1v) is 7.17. The fraction of sp³-hybridized carbons (Fsp3) is 0.929. The van der Waals surface area contributed by atoms with Gasteiger partial charge in [0.1, 0.15) is 0 Å². The summed E-state index contributed by atoms with van der Waals surface area (Å²) >= 11 is 0. The maximum atomic E-state index is 12.4. The molecular formula is C14H26N2O. The summed E-state index contributed by atoms with van der Waals surface area (Å²) in [7, 11) is 1.98. The molecule has 2 fully saturated rings. The Bertz CT molecular complexity index is 261. The minimum absolute atomic E-state index is 0.214. The summed E-state index contributed by atoms with van der Waals surface area (Å²) < 4.78 is 0. The summed E-state index contributed by atoms with van der Waals surface area (Å²) in [5.74, 6) is 1.76. The zero-order chi connectivity index (χ0) is 12.3. The molecule has 2 unspecified atom stereocenters.